The highest BCUT2D eigenvalue weighted by Gasteiger charge is 2.15. The van der Waals surface area contributed by atoms with Gasteiger partial charge in [-0.25, -0.2) is 4.98 Å². The number of fused-ring (bicyclic) bond motifs is 6. The van der Waals surface area contributed by atoms with Crippen molar-refractivity contribution in [2.75, 3.05) is 0 Å². The largest absolute Gasteiger partial charge is 0.456 e. The van der Waals surface area contributed by atoms with Crippen LogP contribution in [0.3, 0.4) is 0 Å². The lowest BCUT2D eigenvalue weighted by Gasteiger charge is -2.05. The first-order chi connectivity index (χ1) is 19.2. The third-order valence-corrected chi connectivity index (χ3v) is 7.25. The van der Waals surface area contributed by atoms with Crippen molar-refractivity contribution in [3.8, 4) is 33.9 Å². The van der Waals surface area contributed by atoms with Crippen molar-refractivity contribution in [3.05, 3.63) is 114 Å². The van der Waals surface area contributed by atoms with Gasteiger partial charge in [-0.05, 0) is 65.2 Å². The van der Waals surface area contributed by atoms with Gasteiger partial charge in [0.15, 0.2) is 11.6 Å². The zero-order chi connectivity index (χ0) is 25.9. The van der Waals surface area contributed by atoms with Crippen LogP contribution in [0.5, 0.6) is 0 Å². The molecule has 0 saturated carbocycles. The van der Waals surface area contributed by atoms with Gasteiger partial charge in [0, 0.05) is 32.7 Å². The molecule has 6 heteroatoms. The summed E-state index contributed by atoms with van der Waals surface area (Å²) in [6.07, 6.45) is 0. The Bertz CT molecular complexity index is 2200. The molecule has 0 spiro atoms. The van der Waals surface area contributed by atoms with Crippen molar-refractivity contribution in [1.82, 2.24) is 15.0 Å². The summed E-state index contributed by atoms with van der Waals surface area (Å²) in [6, 6.07) is 36.5. The maximum absolute atomic E-state index is 6.38. The quantitative estimate of drug-likeness (QED) is 0.231. The molecule has 3 heterocycles. The molecule has 0 fully saturated rings. The fourth-order valence-corrected chi connectivity index (χ4v) is 5.36. The summed E-state index contributed by atoms with van der Waals surface area (Å²) in [4.78, 5) is 13.6. The van der Waals surface area contributed by atoms with Crippen molar-refractivity contribution < 1.29 is 8.83 Å². The monoisotopic (exact) mass is 523 g/mol. The van der Waals surface area contributed by atoms with E-state index in [1.165, 1.54) is 5.56 Å². The van der Waals surface area contributed by atoms with Crippen LogP contribution in [-0.4, -0.2) is 15.0 Å². The van der Waals surface area contributed by atoms with Crippen LogP contribution in [0.25, 0.3) is 77.8 Å². The zero-order valence-corrected chi connectivity index (χ0v) is 21.2. The van der Waals surface area contributed by atoms with Gasteiger partial charge in [-0.3, -0.25) is 0 Å². The van der Waals surface area contributed by atoms with Gasteiger partial charge in [-0.1, -0.05) is 66.7 Å². The summed E-state index contributed by atoms with van der Waals surface area (Å²) < 4.78 is 12.3. The van der Waals surface area contributed by atoms with Crippen LogP contribution in [0.15, 0.2) is 118 Å². The van der Waals surface area contributed by atoms with E-state index in [4.69, 9.17) is 25.4 Å². The van der Waals surface area contributed by atoms with Gasteiger partial charge in [0.1, 0.15) is 22.3 Å². The van der Waals surface area contributed by atoms with E-state index in [1.54, 1.807) is 0 Å². The first kappa shape index (κ1) is 22.0. The summed E-state index contributed by atoms with van der Waals surface area (Å²) in [5.74, 6) is 0.951. The second-order valence-electron chi connectivity index (χ2n) is 9.45. The highest BCUT2D eigenvalue weighted by Crippen LogP contribution is 2.35. The van der Waals surface area contributed by atoms with Crippen LogP contribution in [0, 0.1) is 0 Å². The fraction of sp³-hybridized carbons (Fsp3) is 0. The number of rotatable bonds is 3. The first-order valence-electron chi connectivity index (χ1n) is 12.5. The van der Waals surface area contributed by atoms with Crippen LogP contribution < -0.4 is 0 Å². The Morgan fingerprint density at radius 3 is 1.69 bits per heavy atom. The average Bonchev–Trinajstić information content (AvgIpc) is 3.54. The van der Waals surface area contributed by atoms with E-state index in [0.717, 1.165) is 60.6 Å². The molecule has 39 heavy (non-hydrogen) atoms. The number of hydrogen-bond donors (Lipinski definition) is 0. The molecule has 0 unspecified atom stereocenters. The molecule has 8 aromatic rings. The van der Waals surface area contributed by atoms with Gasteiger partial charge in [0.2, 0.25) is 5.28 Å². The normalized spacial score (nSPS) is 11.7. The van der Waals surface area contributed by atoms with E-state index in [2.05, 4.69) is 40.3 Å². The molecule has 0 amide bonds. The molecule has 0 saturated heterocycles. The van der Waals surface area contributed by atoms with Crippen LogP contribution in [0.4, 0.5) is 0 Å². The lowest BCUT2D eigenvalue weighted by molar-refractivity contribution is 0.668. The minimum Gasteiger partial charge on any atom is -0.456 e. The molecule has 0 bridgehead atoms. The first-order valence-corrected chi connectivity index (χ1v) is 12.9. The summed E-state index contributed by atoms with van der Waals surface area (Å²) >= 11 is 6.38. The molecule has 0 aliphatic carbocycles. The molecule has 5 nitrogen and oxygen atoms in total. The molecule has 0 aliphatic heterocycles. The van der Waals surface area contributed by atoms with E-state index in [0.29, 0.717) is 11.6 Å². The molecule has 8 rings (SSSR count). The van der Waals surface area contributed by atoms with Crippen molar-refractivity contribution >= 4 is 55.5 Å². The highest BCUT2D eigenvalue weighted by atomic mass is 35.5. The molecule has 0 N–H and O–H groups in total. The minimum atomic E-state index is 0.122. The third kappa shape index (κ3) is 3.67. The van der Waals surface area contributed by atoms with Gasteiger partial charge in [0.05, 0.1) is 0 Å². The Labute approximate surface area is 227 Å². The second-order valence-corrected chi connectivity index (χ2v) is 9.79. The third-order valence-electron chi connectivity index (χ3n) is 7.08. The minimum absolute atomic E-state index is 0.122. The number of benzene rings is 5. The molecule has 5 aromatic carbocycles. The van der Waals surface area contributed by atoms with Gasteiger partial charge in [0.25, 0.3) is 0 Å². The smallest absolute Gasteiger partial charge is 0.226 e. The summed E-state index contributed by atoms with van der Waals surface area (Å²) in [5, 5.41) is 4.33. The van der Waals surface area contributed by atoms with Crippen LogP contribution >= 0.6 is 11.6 Å². The Kier molecular flexibility index (Phi) is 4.81. The van der Waals surface area contributed by atoms with Crippen LogP contribution in [-0.2, 0) is 0 Å². The molecule has 184 valence electrons. The lowest BCUT2D eigenvalue weighted by atomic mass is 10.0. The second kappa shape index (κ2) is 8.51. The van der Waals surface area contributed by atoms with E-state index in [9.17, 15) is 0 Å². The topological polar surface area (TPSA) is 65.0 Å². The van der Waals surface area contributed by atoms with Crippen molar-refractivity contribution in [3.63, 3.8) is 0 Å². The van der Waals surface area contributed by atoms with E-state index in [1.807, 2.05) is 78.9 Å². The SMILES string of the molecule is Clc1nc(-c2ccc3c(c2)oc2ccccc23)nc(-c2ccc3c(c2)oc2ccc(-c4ccccc4)cc23)n1. The summed E-state index contributed by atoms with van der Waals surface area (Å²) in [7, 11) is 0. The van der Waals surface area contributed by atoms with Gasteiger partial charge >= 0.3 is 0 Å². The highest BCUT2D eigenvalue weighted by molar-refractivity contribution is 6.28. The van der Waals surface area contributed by atoms with E-state index < -0.39 is 0 Å². The zero-order valence-electron chi connectivity index (χ0n) is 20.4. The predicted octanol–water partition coefficient (Wildman–Crippen LogP) is 9.32. The average molecular weight is 524 g/mol. The van der Waals surface area contributed by atoms with Crippen molar-refractivity contribution in [2.45, 2.75) is 0 Å². The fourth-order valence-electron chi connectivity index (χ4n) is 5.20. The van der Waals surface area contributed by atoms with Gasteiger partial charge in [-0.2, -0.15) is 9.97 Å². The van der Waals surface area contributed by atoms with E-state index >= 15 is 0 Å². The Morgan fingerprint density at radius 2 is 0.974 bits per heavy atom. The standard InChI is InChI=1S/C33H18ClN3O2/c34-33-36-31(21-10-13-24-23-8-4-5-9-27(23)38-29(24)17-21)35-32(37-33)22-11-14-25-26-16-20(19-6-2-1-3-7-19)12-15-28(26)39-30(25)18-22/h1-18H. The number of aromatic nitrogens is 3. The number of halogens is 1. The maximum atomic E-state index is 6.38. The van der Waals surface area contributed by atoms with Crippen molar-refractivity contribution in [2.24, 2.45) is 0 Å². The molecule has 0 atom stereocenters. The van der Waals surface area contributed by atoms with Crippen LogP contribution in [0.1, 0.15) is 0 Å². The number of furan rings is 2. The molecule has 0 aliphatic rings. The molecular weight excluding hydrogens is 506 g/mol. The van der Waals surface area contributed by atoms with Gasteiger partial charge < -0.3 is 8.83 Å². The number of nitrogens with zero attached hydrogens (tertiary/aromatic N) is 3. The van der Waals surface area contributed by atoms with E-state index in [-0.39, 0.29) is 5.28 Å². The molecule has 0 radical (unpaired) electrons. The summed E-state index contributed by atoms with van der Waals surface area (Å²) in [6.45, 7) is 0. The predicted molar refractivity (Wildman–Crippen MR) is 156 cm³/mol. The summed E-state index contributed by atoms with van der Waals surface area (Å²) in [5.41, 5.74) is 7.10. The lowest BCUT2D eigenvalue weighted by Crippen LogP contribution is -1.97. The van der Waals surface area contributed by atoms with Crippen molar-refractivity contribution in [1.29, 1.82) is 0 Å². The van der Waals surface area contributed by atoms with Crippen LogP contribution in [0.2, 0.25) is 5.28 Å². The number of hydrogen-bond acceptors (Lipinski definition) is 5. The Hall–Kier alpha value is -5.00. The maximum Gasteiger partial charge on any atom is 0.226 e. The molecule has 3 aromatic heterocycles. The molecular formula is C33H18ClN3O2. The number of para-hydroxylation sites is 1. The van der Waals surface area contributed by atoms with Gasteiger partial charge in [-0.15, -0.1) is 0 Å². The Morgan fingerprint density at radius 1 is 0.410 bits per heavy atom. The Balaban J connectivity index is 1.21.